The summed E-state index contributed by atoms with van der Waals surface area (Å²) >= 11 is 3.71. The van der Waals surface area contributed by atoms with Crippen molar-refractivity contribution in [2.75, 3.05) is 5.75 Å². The topological polar surface area (TPSA) is 86.5 Å². The van der Waals surface area contributed by atoms with E-state index in [1.54, 1.807) is 0 Å². The molecule has 0 aromatic heterocycles. The van der Waals surface area contributed by atoms with Crippen LogP contribution in [0.2, 0.25) is 0 Å². The Morgan fingerprint density at radius 2 is 2.00 bits per heavy atom. The Hall–Kier alpha value is -0.880. The Balaban J connectivity index is 4.01. The molecule has 0 aliphatic rings. The Kier molecular flexibility index (Phi) is 4.53. The van der Waals surface area contributed by atoms with Crippen molar-refractivity contribution in [2.45, 2.75) is 13.0 Å². The van der Waals surface area contributed by atoms with Crippen molar-refractivity contribution >= 4 is 30.4 Å². The van der Waals surface area contributed by atoms with E-state index in [1.807, 2.05) is 0 Å². The van der Waals surface area contributed by atoms with E-state index in [0.29, 0.717) is 0 Å². The van der Waals surface area contributed by atoms with Crippen LogP contribution < -0.4 is 5.73 Å². The van der Waals surface area contributed by atoms with E-state index in [2.05, 4.69) is 17.4 Å². The number of esters is 2. The number of hydrogen-bond donors (Lipinski definition) is 2. The summed E-state index contributed by atoms with van der Waals surface area (Å²) in [6.45, 7) is 1.00. The molecule has 0 heterocycles. The van der Waals surface area contributed by atoms with Crippen molar-refractivity contribution in [3.8, 4) is 0 Å². The van der Waals surface area contributed by atoms with Gasteiger partial charge >= 0.3 is 11.9 Å². The third-order valence-electron chi connectivity index (χ3n) is 0.980. The van der Waals surface area contributed by atoms with Crippen molar-refractivity contribution in [2.24, 2.45) is 5.73 Å². The van der Waals surface area contributed by atoms with Gasteiger partial charge in [0.15, 0.2) is 0 Å². The summed E-state index contributed by atoms with van der Waals surface area (Å²) in [7, 11) is 0. The highest BCUT2D eigenvalue weighted by Crippen LogP contribution is 1.90. The fraction of sp³-hybridized carbons (Fsp3) is 0.500. The van der Waals surface area contributed by atoms with Crippen LogP contribution in [-0.4, -0.2) is 29.5 Å². The number of ketones is 1. The Bertz CT molecular complexity index is 216. The maximum Gasteiger partial charge on any atom is 0.381 e. The summed E-state index contributed by atoms with van der Waals surface area (Å²) in [5.41, 5.74) is 5.15. The number of hydrogen-bond acceptors (Lipinski definition) is 6. The molecule has 0 amide bonds. The molecule has 6 heteroatoms. The first-order valence-corrected chi connectivity index (χ1v) is 3.75. The van der Waals surface area contributed by atoms with Crippen LogP contribution in [0.4, 0.5) is 0 Å². The third kappa shape index (κ3) is 3.49. The number of Topliss-reactive ketones (excluding diaryl/α,β-unsaturated/α-hetero) is 1. The minimum Gasteiger partial charge on any atom is -0.386 e. The predicted molar refractivity (Wildman–Crippen MR) is 43.6 cm³/mol. The number of rotatable bonds is 3. The summed E-state index contributed by atoms with van der Waals surface area (Å²) < 4.78 is 4.06. The zero-order valence-electron chi connectivity index (χ0n) is 6.44. The van der Waals surface area contributed by atoms with Crippen LogP contribution in [-0.2, 0) is 19.1 Å². The molecule has 0 radical (unpaired) electrons. The lowest BCUT2D eigenvalue weighted by molar-refractivity contribution is -0.164. The molecule has 2 N–H and O–H groups in total. The van der Waals surface area contributed by atoms with Crippen molar-refractivity contribution in [3.05, 3.63) is 0 Å². The fourth-order valence-electron chi connectivity index (χ4n) is 0.313. The molecule has 0 aromatic rings. The van der Waals surface area contributed by atoms with Crippen LogP contribution in [0, 0.1) is 0 Å². The van der Waals surface area contributed by atoms with E-state index < -0.39 is 23.8 Å². The number of carbonyl (C=O) groups excluding carboxylic acids is 3. The molecule has 12 heavy (non-hydrogen) atoms. The molecular formula is C6H9NO4S. The van der Waals surface area contributed by atoms with Gasteiger partial charge in [0.2, 0.25) is 5.78 Å². The summed E-state index contributed by atoms with van der Waals surface area (Å²) in [4.78, 5) is 31.5. The Labute approximate surface area is 74.7 Å². The van der Waals surface area contributed by atoms with E-state index in [4.69, 9.17) is 5.73 Å². The SMILES string of the molecule is CC(=O)C(=O)OC(=O)[C@@H](N)CS. The van der Waals surface area contributed by atoms with Gasteiger partial charge in [0.25, 0.3) is 0 Å². The second-order valence-electron chi connectivity index (χ2n) is 2.05. The predicted octanol–water partition coefficient (Wildman–Crippen LogP) is -1.10. The number of nitrogens with two attached hydrogens (primary N) is 1. The number of carbonyl (C=O) groups is 3. The van der Waals surface area contributed by atoms with Crippen LogP contribution in [0.25, 0.3) is 0 Å². The van der Waals surface area contributed by atoms with Gasteiger partial charge in [0.05, 0.1) is 0 Å². The van der Waals surface area contributed by atoms with Crippen LogP contribution in [0.3, 0.4) is 0 Å². The summed E-state index contributed by atoms with van der Waals surface area (Å²) in [5, 5.41) is 0. The van der Waals surface area contributed by atoms with E-state index >= 15 is 0 Å². The minimum atomic E-state index is -1.20. The van der Waals surface area contributed by atoms with Gasteiger partial charge < -0.3 is 10.5 Å². The Morgan fingerprint density at radius 1 is 1.50 bits per heavy atom. The van der Waals surface area contributed by atoms with Crippen LogP contribution >= 0.6 is 12.6 Å². The summed E-state index contributed by atoms with van der Waals surface area (Å²) in [6.07, 6.45) is 0. The highest BCUT2D eigenvalue weighted by molar-refractivity contribution is 7.80. The van der Waals surface area contributed by atoms with Crippen molar-refractivity contribution in [1.29, 1.82) is 0 Å². The van der Waals surface area contributed by atoms with E-state index in [1.165, 1.54) is 0 Å². The van der Waals surface area contributed by atoms with E-state index in [0.717, 1.165) is 6.92 Å². The lowest BCUT2D eigenvalue weighted by Gasteiger charge is -2.04. The third-order valence-corrected chi connectivity index (χ3v) is 1.37. The van der Waals surface area contributed by atoms with E-state index in [9.17, 15) is 14.4 Å². The van der Waals surface area contributed by atoms with Gasteiger partial charge in [-0.25, -0.2) is 9.59 Å². The number of ether oxygens (including phenoxy) is 1. The quantitative estimate of drug-likeness (QED) is 0.256. The van der Waals surface area contributed by atoms with Gasteiger partial charge in [-0.1, -0.05) is 0 Å². The zero-order valence-corrected chi connectivity index (χ0v) is 7.34. The van der Waals surface area contributed by atoms with Gasteiger partial charge in [0, 0.05) is 12.7 Å². The van der Waals surface area contributed by atoms with Gasteiger partial charge in [0.1, 0.15) is 6.04 Å². The van der Waals surface area contributed by atoms with Crippen molar-refractivity contribution < 1.29 is 19.1 Å². The molecule has 0 saturated heterocycles. The van der Waals surface area contributed by atoms with Crippen LogP contribution in [0.5, 0.6) is 0 Å². The molecule has 0 bridgehead atoms. The lowest BCUT2D eigenvalue weighted by atomic mass is 10.4. The van der Waals surface area contributed by atoms with Crippen molar-refractivity contribution in [1.82, 2.24) is 0 Å². The highest BCUT2D eigenvalue weighted by atomic mass is 32.1. The molecule has 68 valence electrons. The maximum absolute atomic E-state index is 10.7. The van der Waals surface area contributed by atoms with Crippen LogP contribution in [0.1, 0.15) is 6.92 Å². The molecule has 0 aromatic carbocycles. The van der Waals surface area contributed by atoms with Crippen molar-refractivity contribution in [3.63, 3.8) is 0 Å². The Morgan fingerprint density at radius 3 is 2.33 bits per heavy atom. The molecule has 0 unspecified atom stereocenters. The van der Waals surface area contributed by atoms with Gasteiger partial charge in [-0.2, -0.15) is 12.6 Å². The van der Waals surface area contributed by atoms with Gasteiger partial charge in [-0.3, -0.25) is 4.79 Å². The number of thiol groups is 1. The average molecular weight is 191 g/mol. The highest BCUT2D eigenvalue weighted by Gasteiger charge is 2.19. The van der Waals surface area contributed by atoms with Crippen LogP contribution in [0.15, 0.2) is 0 Å². The average Bonchev–Trinajstić information content (AvgIpc) is 2.02. The first-order valence-electron chi connectivity index (χ1n) is 3.12. The normalized spacial score (nSPS) is 11.9. The second-order valence-corrected chi connectivity index (χ2v) is 2.42. The molecule has 1 atom stereocenters. The fourth-order valence-corrected chi connectivity index (χ4v) is 0.463. The van der Waals surface area contributed by atoms with E-state index in [-0.39, 0.29) is 5.75 Å². The molecule has 0 fully saturated rings. The molecular weight excluding hydrogens is 182 g/mol. The molecule has 0 saturated carbocycles. The van der Waals surface area contributed by atoms with Gasteiger partial charge in [-0.05, 0) is 0 Å². The first kappa shape index (κ1) is 11.1. The largest absolute Gasteiger partial charge is 0.386 e. The molecule has 0 rings (SSSR count). The summed E-state index contributed by atoms with van der Waals surface area (Å²) in [6, 6.07) is -0.975. The van der Waals surface area contributed by atoms with Gasteiger partial charge in [-0.15, -0.1) is 0 Å². The standard InChI is InChI=1S/C6H9NO4S/c1-3(8)5(9)11-6(10)4(7)2-12/h4,12H,2,7H2,1H3/t4-/m0/s1. The summed E-state index contributed by atoms with van der Waals surface area (Å²) in [5.74, 6) is -2.92. The molecule has 5 nitrogen and oxygen atoms in total. The molecule has 0 aliphatic carbocycles. The lowest BCUT2D eigenvalue weighted by Crippen LogP contribution is -2.36. The molecule has 0 aliphatic heterocycles. The first-order chi connectivity index (χ1) is 5.49. The second kappa shape index (κ2) is 4.89. The minimum absolute atomic E-state index is 0.0595. The monoisotopic (exact) mass is 191 g/mol. The smallest absolute Gasteiger partial charge is 0.381 e. The zero-order chi connectivity index (χ0) is 9.72. The maximum atomic E-state index is 10.7. The molecule has 0 spiro atoms.